The molecule has 0 amide bonds. The van der Waals surface area contributed by atoms with Gasteiger partial charge in [0.2, 0.25) is 0 Å². The Balaban J connectivity index is 2.51. The summed E-state index contributed by atoms with van der Waals surface area (Å²) < 4.78 is 16.1. The van der Waals surface area contributed by atoms with Crippen molar-refractivity contribution in [2.75, 3.05) is 0 Å². The van der Waals surface area contributed by atoms with Crippen molar-refractivity contribution in [1.29, 1.82) is 0 Å². The van der Waals surface area contributed by atoms with Crippen molar-refractivity contribution >= 4 is 15.9 Å². The average Bonchev–Trinajstić information content (AvgIpc) is 2.69. The molecule has 1 aromatic heterocycles. The van der Waals surface area contributed by atoms with Crippen molar-refractivity contribution in [2.24, 2.45) is 11.7 Å². The number of rotatable bonds is 4. The minimum absolute atomic E-state index is 0.308. The lowest BCUT2D eigenvalue weighted by Crippen LogP contribution is -2.13. The molecule has 2 rings (SSSR count). The molecule has 2 aromatic rings. The fraction of sp³-hybridized carbons (Fsp3) is 0.385. The molecule has 102 valence electrons. The van der Waals surface area contributed by atoms with E-state index in [1.165, 1.54) is 12.1 Å². The van der Waals surface area contributed by atoms with Crippen LogP contribution in [0.2, 0.25) is 0 Å². The molecule has 0 bridgehead atoms. The number of benzene rings is 1. The average molecular weight is 327 g/mol. The molecule has 0 atom stereocenters. The third kappa shape index (κ3) is 3.19. The van der Waals surface area contributed by atoms with Crippen LogP contribution in [-0.4, -0.2) is 14.8 Å². The van der Waals surface area contributed by atoms with Crippen LogP contribution in [0.1, 0.15) is 19.7 Å². The quantitative estimate of drug-likeness (QED) is 0.939. The van der Waals surface area contributed by atoms with E-state index in [1.807, 2.05) is 10.6 Å². The van der Waals surface area contributed by atoms with Crippen LogP contribution >= 0.6 is 15.9 Å². The molecule has 1 heterocycles. The second kappa shape index (κ2) is 5.79. The summed E-state index contributed by atoms with van der Waals surface area (Å²) >= 11 is 3.29. The molecule has 0 aliphatic carbocycles. The molecule has 6 heteroatoms. The molecular formula is C13H16BrFN4. The molecule has 1 aromatic carbocycles. The van der Waals surface area contributed by atoms with Crippen LogP contribution < -0.4 is 5.73 Å². The summed E-state index contributed by atoms with van der Waals surface area (Å²) in [6, 6.07) is 4.69. The Morgan fingerprint density at radius 3 is 2.63 bits per heavy atom. The van der Waals surface area contributed by atoms with Crippen LogP contribution in [0, 0.1) is 11.7 Å². The molecule has 0 fully saturated rings. The van der Waals surface area contributed by atoms with Crippen molar-refractivity contribution in [3.05, 3.63) is 34.3 Å². The van der Waals surface area contributed by atoms with E-state index < -0.39 is 0 Å². The number of aromatic nitrogens is 3. The third-order valence-electron chi connectivity index (χ3n) is 2.68. The van der Waals surface area contributed by atoms with Crippen molar-refractivity contribution < 1.29 is 4.39 Å². The Kier molecular flexibility index (Phi) is 4.31. The normalized spacial score (nSPS) is 11.3. The molecule has 0 saturated heterocycles. The van der Waals surface area contributed by atoms with E-state index in [0.717, 1.165) is 6.54 Å². The highest BCUT2D eigenvalue weighted by atomic mass is 79.9. The van der Waals surface area contributed by atoms with Crippen molar-refractivity contribution in [3.63, 3.8) is 0 Å². The van der Waals surface area contributed by atoms with Crippen molar-refractivity contribution in [1.82, 2.24) is 14.8 Å². The molecule has 0 radical (unpaired) electrons. The summed E-state index contributed by atoms with van der Waals surface area (Å²) in [5, 5.41) is 8.21. The van der Waals surface area contributed by atoms with Crippen molar-refractivity contribution in [2.45, 2.75) is 26.9 Å². The van der Waals surface area contributed by atoms with E-state index in [0.29, 0.717) is 34.1 Å². The summed E-state index contributed by atoms with van der Waals surface area (Å²) in [6.07, 6.45) is 0. The van der Waals surface area contributed by atoms with Crippen LogP contribution in [0.5, 0.6) is 0 Å². The smallest absolute Gasteiger partial charge is 0.164 e. The van der Waals surface area contributed by atoms with Crippen LogP contribution in [-0.2, 0) is 13.1 Å². The number of hydrogen-bond acceptors (Lipinski definition) is 3. The summed E-state index contributed by atoms with van der Waals surface area (Å²) in [7, 11) is 0. The van der Waals surface area contributed by atoms with Gasteiger partial charge in [-0.25, -0.2) is 4.39 Å². The highest BCUT2D eigenvalue weighted by Crippen LogP contribution is 2.24. The minimum atomic E-state index is -0.308. The van der Waals surface area contributed by atoms with E-state index in [4.69, 9.17) is 5.73 Å². The monoisotopic (exact) mass is 326 g/mol. The van der Waals surface area contributed by atoms with Crippen LogP contribution in [0.4, 0.5) is 4.39 Å². The zero-order chi connectivity index (χ0) is 14.0. The molecular weight excluding hydrogens is 311 g/mol. The first-order valence-electron chi connectivity index (χ1n) is 6.10. The number of halogens is 2. The van der Waals surface area contributed by atoms with Gasteiger partial charge in [0.15, 0.2) is 5.82 Å². The molecule has 0 aliphatic heterocycles. The van der Waals surface area contributed by atoms with Gasteiger partial charge in [0.05, 0.1) is 6.54 Å². The highest BCUT2D eigenvalue weighted by Gasteiger charge is 2.15. The lowest BCUT2D eigenvalue weighted by molar-refractivity contribution is 0.510. The van der Waals surface area contributed by atoms with Gasteiger partial charge in [-0.3, -0.25) is 0 Å². The molecule has 19 heavy (non-hydrogen) atoms. The fourth-order valence-corrected chi connectivity index (χ4v) is 2.41. The topological polar surface area (TPSA) is 56.7 Å². The van der Waals surface area contributed by atoms with E-state index >= 15 is 0 Å². The van der Waals surface area contributed by atoms with Gasteiger partial charge in [0.1, 0.15) is 11.6 Å². The van der Waals surface area contributed by atoms with Crippen LogP contribution in [0.3, 0.4) is 0 Å². The lowest BCUT2D eigenvalue weighted by atomic mass is 10.2. The van der Waals surface area contributed by atoms with Crippen molar-refractivity contribution in [3.8, 4) is 11.4 Å². The first-order valence-corrected chi connectivity index (χ1v) is 6.89. The van der Waals surface area contributed by atoms with Gasteiger partial charge >= 0.3 is 0 Å². The first-order chi connectivity index (χ1) is 9.01. The molecule has 2 N–H and O–H groups in total. The van der Waals surface area contributed by atoms with E-state index in [9.17, 15) is 4.39 Å². The zero-order valence-corrected chi connectivity index (χ0v) is 12.5. The summed E-state index contributed by atoms with van der Waals surface area (Å²) in [5.74, 6) is 1.48. The Labute approximate surface area is 120 Å². The number of nitrogens with zero attached hydrogens (tertiary/aromatic N) is 3. The van der Waals surface area contributed by atoms with E-state index in [-0.39, 0.29) is 5.82 Å². The molecule has 4 nitrogen and oxygen atoms in total. The Bertz CT molecular complexity index is 560. The minimum Gasteiger partial charge on any atom is -0.324 e. The maximum Gasteiger partial charge on any atom is 0.164 e. The molecule has 0 spiro atoms. The van der Waals surface area contributed by atoms with E-state index in [1.54, 1.807) is 0 Å². The fourth-order valence-electron chi connectivity index (χ4n) is 1.94. The zero-order valence-electron chi connectivity index (χ0n) is 10.9. The molecule has 0 saturated carbocycles. The third-order valence-corrected chi connectivity index (χ3v) is 3.14. The second-order valence-corrected chi connectivity index (χ2v) is 5.72. The van der Waals surface area contributed by atoms with Gasteiger partial charge in [-0.05, 0) is 24.1 Å². The molecule has 0 aliphatic rings. The second-order valence-electron chi connectivity index (χ2n) is 4.81. The Hall–Kier alpha value is -1.27. The summed E-state index contributed by atoms with van der Waals surface area (Å²) in [6.45, 7) is 5.27. The summed E-state index contributed by atoms with van der Waals surface area (Å²) in [4.78, 5) is 0. The van der Waals surface area contributed by atoms with Crippen LogP contribution in [0.25, 0.3) is 11.4 Å². The SMILES string of the molecule is CC(C)Cn1c(CN)nnc1-c1cc(F)cc(Br)c1. The van der Waals surface area contributed by atoms with Gasteiger partial charge in [0.25, 0.3) is 0 Å². The van der Waals surface area contributed by atoms with Gasteiger partial charge < -0.3 is 10.3 Å². The van der Waals surface area contributed by atoms with Crippen LogP contribution in [0.15, 0.2) is 22.7 Å². The standard InChI is InChI=1S/C13H16BrFN4/c1-8(2)7-19-12(6-16)17-18-13(19)9-3-10(14)5-11(15)4-9/h3-5,8H,6-7,16H2,1-2H3. The van der Waals surface area contributed by atoms with E-state index in [2.05, 4.69) is 40.0 Å². The van der Waals surface area contributed by atoms with Gasteiger partial charge in [-0.2, -0.15) is 0 Å². The number of nitrogens with two attached hydrogens (primary N) is 1. The van der Waals surface area contributed by atoms with Gasteiger partial charge in [0, 0.05) is 16.6 Å². The molecule has 0 unspecified atom stereocenters. The maximum atomic E-state index is 13.5. The highest BCUT2D eigenvalue weighted by molar-refractivity contribution is 9.10. The summed E-state index contributed by atoms with van der Waals surface area (Å²) in [5.41, 5.74) is 6.37. The number of hydrogen-bond donors (Lipinski definition) is 1. The predicted octanol–water partition coefficient (Wildman–Crippen LogP) is 2.96. The maximum absolute atomic E-state index is 13.5. The first kappa shape index (κ1) is 14.1. The predicted molar refractivity (Wildman–Crippen MR) is 75.8 cm³/mol. The van der Waals surface area contributed by atoms with Gasteiger partial charge in [-0.1, -0.05) is 29.8 Å². The lowest BCUT2D eigenvalue weighted by Gasteiger charge is -2.12. The van der Waals surface area contributed by atoms with Gasteiger partial charge in [-0.15, -0.1) is 10.2 Å². The largest absolute Gasteiger partial charge is 0.324 e. The Morgan fingerprint density at radius 1 is 1.32 bits per heavy atom. The Morgan fingerprint density at radius 2 is 2.05 bits per heavy atom.